The molecule has 0 saturated carbocycles. The minimum atomic E-state index is -1.14. The predicted molar refractivity (Wildman–Crippen MR) is 139 cm³/mol. The Morgan fingerprint density at radius 1 is 0.861 bits per heavy atom. The maximum atomic E-state index is 13.2. The Balaban J connectivity index is 2.89. The first-order valence-electron chi connectivity index (χ1n) is 12.6. The van der Waals surface area contributed by atoms with Gasteiger partial charge in [0.15, 0.2) is 0 Å². The third kappa shape index (κ3) is 11.2. The second kappa shape index (κ2) is 15.9. The molecule has 1 rings (SSSR count). The van der Waals surface area contributed by atoms with Gasteiger partial charge in [0.05, 0.1) is 6.04 Å². The van der Waals surface area contributed by atoms with Gasteiger partial charge in [0.2, 0.25) is 17.7 Å². The zero-order valence-electron chi connectivity index (χ0n) is 21.8. The van der Waals surface area contributed by atoms with Gasteiger partial charge in [-0.15, -0.1) is 0 Å². The summed E-state index contributed by atoms with van der Waals surface area (Å²) in [4.78, 5) is 50.5. The number of rotatable bonds is 16. The van der Waals surface area contributed by atoms with Crippen LogP contribution in [-0.4, -0.2) is 59.5 Å². The average molecular weight is 506 g/mol. The van der Waals surface area contributed by atoms with Crippen LogP contribution < -0.4 is 27.4 Å². The van der Waals surface area contributed by atoms with Gasteiger partial charge < -0.3 is 32.5 Å². The van der Waals surface area contributed by atoms with E-state index in [1.54, 1.807) is 13.8 Å². The lowest BCUT2D eigenvalue weighted by Crippen LogP contribution is -2.58. The molecule has 0 fully saturated rings. The Hall–Kier alpha value is -2.98. The van der Waals surface area contributed by atoms with Gasteiger partial charge >= 0.3 is 5.97 Å². The summed E-state index contributed by atoms with van der Waals surface area (Å²) in [6, 6.07) is 5.54. The fourth-order valence-corrected chi connectivity index (χ4v) is 3.74. The van der Waals surface area contributed by atoms with Crippen molar-refractivity contribution in [3.8, 4) is 0 Å². The molecule has 0 aromatic heterocycles. The van der Waals surface area contributed by atoms with Gasteiger partial charge in [-0.05, 0) is 56.0 Å². The molecule has 10 nitrogen and oxygen atoms in total. The van der Waals surface area contributed by atoms with E-state index in [1.807, 2.05) is 44.2 Å². The normalized spacial score (nSPS) is 14.6. The molecule has 0 unspecified atom stereocenters. The van der Waals surface area contributed by atoms with E-state index in [4.69, 9.17) is 11.5 Å². The summed E-state index contributed by atoms with van der Waals surface area (Å²) in [5.74, 6) is -2.94. The third-order valence-electron chi connectivity index (χ3n) is 5.78. The lowest BCUT2D eigenvalue weighted by atomic mass is 9.98. The summed E-state index contributed by atoms with van der Waals surface area (Å²) in [6.45, 7) is 7.79. The average Bonchev–Trinajstić information content (AvgIpc) is 2.81. The Morgan fingerprint density at radius 2 is 1.47 bits per heavy atom. The first-order valence-corrected chi connectivity index (χ1v) is 12.6. The zero-order valence-corrected chi connectivity index (χ0v) is 21.8. The number of unbranched alkanes of at least 4 members (excludes halogenated alkanes) is 1. The number of carbonyl (C=O) groups excluding carboxylic acids is 3. The third-order valence-corrected chi connectivity index (χ3v) is 5.78. The topological polar surface area (TPSA) is 177 Å². The van der Waals surface area contributed by atoms with Gasteiger partial charge in [-0.2, -0.15) is 0 Å². The number of nitrogens with one attached hydrogen (secondary N) is 3. The first-order chi connectivity index (χ1) is 17.0. The molecule has 3 amide bonds. The molecule has 0 spiro atoms. The molecule has 0 bridgehead atoms. The highest BCUT2D eigenvalue weighted by molar-refractivity contribution is 5.94. The molecule has 0 radical (unpaired) electrons. The molecule has 10 heteroatoms. The number of benzene rings is 1. The Labute approximate surface area is 213 Å². The second-order valence-electron chi connectivity index (χ2n) is 9.90. The van der Waals surface area contributed by atoms with Crippen LogP contribution in [0.5, 0.6) is 0 Å². The Bertz CT molecular complexity index is 846. The molecule has 4 atom stereocenters. The standard InChI is InChI=1S/C26H43N5O5/c1-16(2)14-21(24(33)29-20(26(35)36)12-8-9-13-27)30-25(34)22(17(3)4)31-23(32)19(28)15-18-10-6-5-7-11-18/h5-7,10-11,16-17,19-22H,8-9,12-15,27-28H2,1-4H3,(H,29,33)(H,30,34)(H,31,32)(H,35,36)/t19-,20-,21-,22-/m0/s1. The predicted octanol–water partition coefficient (Wildman–Crippen LogP) is 0.927. The molecule has 36 heavy (non-hydrogen) atoms. The van der Waals surface area contributed by atoms with Crippen LogP contribution in [-0.2, 0) is 25.6 Å². The maximum absolute atomic E-state index is 13.2. The van der Waals surface area contributed by atoms with Crippen molar-refractivity contribution < 1.29 is 24.3 Å². The highest BCUT2D eigenvalue weighted by Crippen LogP contribution is 2.10. The van der Waals surface area contributed by atoms with Crippen LogP contribution in [0.4, 0.5) is 0 Å². The van der Waals surface area contributed by atoms with Gasteiger partial charge in [0.25, 0.3) is 0 Å². The summed E-state index contributed by atoms with van der Waals surface area (Å²) >= 11 is 0. The lowest BCUT2D eigenvalue weighted by Gasteiger charge is -2.27. The number of hydrogen-bond donors (Lipinski definition) is 6. The molecule has 0 heterocycles. The van der Waals surface area contributed by atoms with Crippen LogP contribution in [0.1, 0.15) is 58.9 Å². The smallest absolute Gasteiger partial charge is 0.326 e. The van der Waals surface area contributed by atoms with Crippen LogP contribution in [0.15, 0.2) is 30.3 Å². The van der Waals surface area contributed by atoms with Gasteiger partial charge in [-0.1, -0.05) is 58.0 Å². The highest BCUT2D eigenvalue weighted by Gasteiger charge is 2.32. The largest absolute Gasteiger partial charge is 0.480 e. The van der Waals surface area contributed by atoms with Crippen molar-refractivity contribution in [3.05, 3.63) is 35.9 Å². The van der Waals surface area contributed by atoms with E-state index in [0.717, 1.165) is 5.56 Å². The fourth-order valence-electron chi connectivity index (χ4n) is 3.74. The van der Waals surface area contributed by atoms with Crippen LogP contribution in [0.25, 0.3) is 0 Å². The summed E-state index contributed by atoms with van der Waals surface area (Å²) in [6.07, 6.45) is 2.06. The van der Waals surface area contributed by atoms with E-state index in [1.165, 1.54) is 0 Å². The van der Waals surface area contributed by atoms with Crippen molar-refractivity contribution >= 4 is 23.7 Å². The Morgan fingerprint density at radius 3 is 2.00 bits per heavy atom. The number of carboxylic acids is 1. The monoisotopic (exact) mass is 505 g/mol. The van der Waals surface area contributed by atoms with Crippen molar-refractivity contribution in [1.29, 1.82) is 0 Å². The first kappa shape index (κ1) is 31.1. The SMILES string of the molecule is CC(C)C[C@H](NC(=O)[C@@H](NC(=O)[C@@H](N)Cc1ccccc1)C(C)C)C(=O)N[C@@H](CCCCN)C(=O)O. The molecule has 1 aromatic carbocycles. The summed E-state index contributed by atoms with van der Waals surface area (Å²) < 4.78 is 0. The molecule has 0 aliphatic heterocycles. The Kier molecular flexibility index (Phi) is 13.7. The van der Waals surface area contributed by atoms with Crippen molar-refractivity contribution in [2.24, 2.45) is 23.3 Å². The van der Waals surface area contributed by atoms with E-state index in [2.05, 4.69) is 16.0 Å². The minimum Gasteiger partial charge on any atom is -0.480 e. The van der Waals surface area contributed by atoms with Crippen LogP contribution in [0.2, 0.25) is 0 Å². The summed E-state index contributed by atoms with van der Waals surface area (Å²) in [7, 11) is 0. The van der Waals surface area contributed by atoms with Crippen LogP contribution >= 0.6 is 0 Å². The van der Waals surface area contributed by atoms with Crippen molar-refractivity contribution in [2.45, 2.75) is 84.0 Å². The van der Waals surface area contributed by atoms with Gasteiger partial charge in [0, 0.05) is 0 Å². The summed E-state index contributed by atoms with van der Waals surface area (Å²) in [5, 5.41) is 17.5. The van der Waals surface area contributed by atoms with Crippen molar-refractivity contribution in [3.63, 3.8) is 0 Å². The minimum absolute atomic E-state index is 0.0490. The number of carboxylic acid groups (broad SMARTS) is 1. The van der Waals surface area contributed by atoms with E-state index in [-0.39, 0.29) is 18.3 Å². The lowest BCUT2D eigenvalue weighted by molar-refractivity contribution is -0.142. The number of aliphatic carboxylic acids is 1. The molecule has 202 valence electrons. The van der Waals surface area contributed by atoms with Gasteiger partial charge in [0.1, 0.15) is 18.1 Å². The van der Waals surface area contributed by atoms with Gasteiger partial charge in [-0.25, -0.2) is 4.79 Å². The maximum Gasteiger partial charge on any atom is 0.326 e. The van der Waals surface area contributed by atoms with E-state index < -0.39 is 47.9 Å². The molecular formula is C26H43N5O5. The highest BCUT2D eigenvalue weighted by atomic mass is 16.4. The van der Waals surface area contributed by atoms with Crippen molar-refractivity contribution in [2.75, 3.05) is 6.54 Å². The quantitative estimate of drug-likeness (QED) is 0.181. The van der Waals surface area contributed by atoms with Gasteiger partial charge in [-0.3, -0.25) is 14.4 Å². The number of carbonyl (C=O) groups is 4. The molecular weight excluding hydrogens is 462 g/mol. The molecule has 0 saturated heterocycles. The van der Waals surface area contributed by atoms with Crippen molar-refractivity contribution in [1.82, 2.24) is 16.0 Å². The zero-order chi connectivity index (χ0) is 27.3. The van der Waals surface area contributed by atoms with Crippen LogP contribution in [0.3, 0.4) is 0 Å². The molecule has 1 aromatic rings. The summed E-state index contributed by atoms with van der Waals surface area (Å²) in [5.41, 5.74) is 12.5. The van der Waals surface area contributed by atoms with E-state index in [9.17, 15) is 24.3 Å². The molecule has 8 N–H and O–H groups in total. The number of amides is 3. The fraction of sp³-hybridized carbons (Fsp3) is 0.615. The van der Waals surface area contributed by atoms with E-state index >= 15 is 0 Å². The second-order valence-corrected chi connectivity index (χ2v) is 9.90. The van der Waals surface area contributed by atoms with E-state index in [0.29, 0.717) is 32.2 Å². The molecule has 0 aliphatic rings. The van der Waals surface area contributed by atoms with Crippen LogP contribution in [0, 0.1) is 11.8 Å². The number of nitrogens with two attached hydrogens (primary N) is 2. The molecule has 0 aliphatic carbocycles. The number of hydrogen-bond acceptors (Lipinski definition) is 6.